The van der Waals surface area contributed by atoms with Gasteiger partial charge in [0.1, 0.15) is 6.04 Å². The molecule has 8 heteroatoms. The lowest BCUT2D eigenvalue weighted by Crippen LogP contribution is -2.55. The number of nitrogens with zero attached hydrogens (tertiary/aromatic N) is 2. The second kappa shape index (κ2) is 15.7. The summed E-state index contributed by atoms with van der Waals surface area (Å²) < 4.78 is 0. The van der Waals surface area contributed by atoms with E-state index in [2.05, 4.69) is 41.0 Å². The van der Waals surface area contributed by atoms with Crippen LogP contribution in [0.25, 0.3) is 10.8 Å². The lowest BCUT2D eigenvalue weighted by atomic mass is 9.95. The number of carboxylic acid groups (broad SMARTS) is 1. The fraction of sp³-hybridized carbons (Fsp3) is 0.472. The Labute approximate surface area is 261 Å². The van der Waals surface area contributed by atoms with Crippen LogP contribution in [0, 0.1) is 0 Å². The van der Waals surface area contributed by atoms with E-state index in [1.165, 1.54) is 38.5 Å². The topological polar surface area (TPSA) is 120 Å². The molecule has 234 valence electrons. The zero-order valence-electron chi connectivity index (χ0n) is 25.7. The smallest absolute Gasteiger partial charge is 0.305 e. The molecule has 1 amide bonds. The summed E-state index contributed by atoms with van der Waals surface area (Å²) in [5, 5.41) is 19.1. The Morgan fingerprint density at radius 1 is 0.864 bits per heavy atom. The van der Waals surface area contributed by atoms with Gasteiger partial charge in [-0.05, 0) is 59.7 Å². The van der Waals surface area contributed by atoms with Crippen LogP contribution >= 0.6 is 0 Å². The molecule has 0 aliphatic heterocycles. The van der Waals surface area contributed by atoms with E-state index in [0.29, 0.717) is 30.7 Å². The molecule has 8 nitrogen and oxygen atoms in total. The molecule has 0 spiro atoms. The van der Waals surface area contributed by atoms with Crippen LogP contribution in [0.5, 0.6) is 0 Å². The standard InChI is InChI=1S/C36H47N5O3/c37-25-26-16-19-32(20-17-26)41(22-21-34(42)43)35(44)33(24-27-15-18-28-9-7-8-10-29(28)23-27)40-36(38-30-11-3-1-4-12-30)39-31-13-5-2-6-14-31/h7-10,15-20,23,30-31,33H,1-6,11-14,21-22,24-25,37H2,(H,42,43)(H2,38,39,40)/t33-/m0/s1. The molecule has 0 aromatic heterocycles. The van der Waals surface area contributed by atoms with E-state index in [1.54, 1.807) is 4.90 Å². The number of hydrogen-bond donors (Lipinski definition) is 4. The molecule has 5 N–H and O–H groups in total. The number of hydrogen-bond acceptors (Lipinski definition) is 4. The van der Waals surface area contributed by atoms with Gasteiger partial charge in [-0.25, -0.2) is 4.99 Å². The molecular formula is C36H47N5O3. The number of benzene rings is 3. The zero-order valence-corrected chi connectivity index (χ0v) is 25.7. The zero-order chi connectivity index (χ0) is 30.7. The van der Waals surface area contributed by atoms with Crippen LogP contribution in [0.3, 0.4) is 0 Å². The van der Waals surface area contributed by atoms with Crippen molar-refractivity contribution in [1.29, 1.82) is 0 Å². The van der Waals surface area contributed by atoms with Crippen LogP contribution in [0.4, 0.5) is 5.69 Å². The summed E-state index contributed by atoms with van der Waals surface area (Å²) in [6, 6.07) is 21.9. The Kier molecular flexibility index (Phi) is 11.2. The molecule has 0 unspecified atom stereocenters. The highest BCUT2D eigenvalue weighted by Gasteiger charge is 2.29. The van der Waals surface area contributed by atoms with E-state index in [4.69, 9.17) is 10.7 Å². The molecule has 2 saturated carbocycles. The minimum atomic E-state index is -0.945. The van der Waals surface area contributed by atoms with Crippen molar-refractivity contribution < 1.29 is 14.7 Å². The van der Waals surface area contributed by atoms with Crippen molar-refractivity contribution in [2.45, 2.75) is 102 Å². The maximum atomic E-state index is 14.6. The summed E-state index contributed by atoms with van der Waals surface area (Å²) in [5.74, 6) is -0.430. The monoisotopic (exact) mass is 597 g/mol. The number of amides is 1. The number of carbonyl (C=O) groups excluding carboxylic acids is 1. The number of carbonyl (C=O) groups is 2. The maximum Gasteiger partial charge on any atom is 0.305 e. The van der Waals surface area contributed by atoms with Crippen LogP contribution in [-0.2, 0) is 22.6 Å². The van der Waals surface area contributed by atoms with Crippen molar-refractivity contribution in [3.8, 4) is 0 Å². The van der Waals surface area contributed by atoms with Crippen molar-refractivity contribution in [3.63, 3.8) is 0 Å². The number of rotatable bonds is 11. The van der Waals surface area contributed by atoms with E-state index >= 15 is 0 Å². The van der Waals surface area contributed by atoms with Gasteiger partial charge in [0.05, 0.1) is 12.5 Å². The molecule has 1 atom stereocenters. The number of nitrogens with one attached hydrogen (secondary N) is 2. The van der Waals surface area contributed by atoms with E-state index < -0.39 is 12.0 Å². The number of carboxylic acids is 1. The number of nitrogens with two attached hydrogens (primary N) is 1. The predicted octanol–water partition coefficient (Wildman–Crippen LogP) is 5.92. The van der Waals surface area contributed by atoms with E-state index in [1.807, 2.05) is 36.4 Å². The van der Waals surface area contributed by atoms with Gasteiger partial charge in [-0.3, -0.25) is 9.59 Å². The summed E-state index contributed by atoms with van der Waals surface area (Å²) in [4.78, 5) is 33.0. The second-order valence-corrected chi connectivity index (χ2v) is 12.3. The van der Waals surface area contributed by atoms with Gasteiger partial charge in [0.2, 0.25) is 5.91 Å². The first-order valence-electron chi connectivity index (χ1n) is 16.4. The Morgan fingerprint density at radius 2 is 1.52 bits per heavy atom. The van der Waals surface area contributed by atoms with Gasteiger partial charge in [0.25, 0.3) is 0 Å². The molecule has 0 heterocycles. The molecule has 2 aliphatic rings. The van der Waals surface area contributed by atoms with Gasteiger partial charge in [0, 0.05) is 31.2 Å². The largest absolute Gasteiger partial charge is 0.481 e. The van der Waals surface area contributed by atoms with Gasteiger partial charge in [-0.2, -0.15) is 0 Å². The number of anilines is 1. The summed E-state index contributed by atoms with van der Waals surface area (Å²) in [6.45, 7) is 0.459. The third-order valence-corrected chi connectivity index (χ3v) is 8.99. The third-order valence-electron chi connectivity index (χ3n) is 8.99. The molecule has 0 saturated heterocycles. The number of aliphatic carboxylic acids is 1. The molecular weight excluding hydrogens is 550 g/mol. The summed E-state index contributed by atoms with van der Waals surface area (Å²) >= 11 is 0. The molecule has 3 aromatic carbocycles. The first kappa shape index (κ1) is 31.5. The number of fused-ring (bicyclic) bond motifs is 1. The molecule has 0 radical (unpaired) electrons. The molecule has 2 fully saturated rings. The normalized spacial score (nSPS) is 17.2. The van der Waals surface area contributed by atoms with Crippen molar-refractivity contribution >= 4 is 34.3 Å². The van der Waals surface area contributed by atoms with Gasteiger partial charge in [0.15, 0.2) is 5.96 Å². The highest BCUT2D eigenvalue weighted by molar-refractivity contribution is 6.00. The highest BCUT2D eigenvalue weighted by atomic mass is 16.4. The predicted molar refractivity (Wildman–Crippen MR) is 178 cm³/mol. The van der Waals surface area contributed by atoms with Crippen molar-refractivity contribution in [1.82, 2.24) is 10.6 Å². The second-order valence-electron chi connectivity index (χ2n) is 12.3. The van der Waals surface area contributed by atoms with Gasteiger partial charge in [-0.15, -0.1) is 0 Å². The van der Waals surface area contributed by atoms with E-state index in [0.717, 1.165) is 47.6 Å². The highest BCUT2D eigenvalue weighted by Crippen LogP contribution is 2.23. The van der Waals surface area contributed by atoms with Gasteiger partial charge >= 0.3 is 5.97 Å². The molecule has 2 aliphatic carbocycles. The fourth-order valence-corrected chi connectivity index (χ4v) is 6.49. The summed E-state index contributed by atoms with van der Waals surface area (Å²) in [7, 11) is 0. The summed E-state index contributed by atoms with van der Waals surface area (Å²) in [6.07, 6.45) is 11.8. The van der Waals surface area contributed by atoms with Crippen molar-refractivity contribution in [2.24, 2.45) is 10.7 Å². The first-order valence-corrected chi connectivity index (χ1v) is 16.4. The Hall–Kier alpha value is -3.91. The van der Waals surface area contributed by atoms with Gasteiger partial charge < -0.3 is 26.4 Å². The molecule has 3 aromatic rings. The Balaban J connectivity index is 1.49. The minimum absolute atomic E-state index is 0.0667. The maximum absolute atomic E-state index is 14.6. The third kappa shape index (κ3) is 8.82. The number of guanidine groups is 1. The molecule has 5 rings (SSSR count). The Morgan fingerprint density at radius 3 is 2.20 bits per heavy atom. The van der Waals surface area contributed by atoms with Crippen molar-refractivity contribution in [3.05, 3.63) is 77.9 Å². The SMILES string of the molecule is NCc1ccc(N(CCC(=O)O)C(=O)[C@H](Cc2ccc3ccccc3c2)NC(=NC2CCCCC2)NC2CCCCC2)cc1. The van der Waals surface area contributed by atoms with Crippen LogP contribution in [0.15, 0.2) is 71.7 Å². The van der Waals surface area contributed by atoms with Crippen LogP contribution in [-0.4, -0.2) is 47.6 Å². The lowest BCUT2D eigenvalue weighted by Gasteiger charge is -2.32. The van der Waals surface area contributed by atoms with Gasteiger partial charge in [-0.1, -0.05) is 93.1 Å². The van der Waals surface area contributed by atoms with Crippen LogP contribution in [0.2, 0.25) is 0 Å². The average molecular weight is 598 g/mol. The number of aliphatic imine (C=N–C) groups is 1. The quantitative estimate of drug-likeness (QED) is 0.161. The summed E-state index contributed by atoms with van der Waals surface area (Å²) in [5.41, 5.74) is 8.46. The van der Waals surface area contributed by atoms with Crippen LogP contribution < -0.4 is 21.3 Å². The van der Waals surface area contributed by atoms with E-state index in [9.17, 15) is 14.7 Å². The molecule has 44 heavy (non-hydrogen) atoms. The van der Waals surface area contributed by atoms with E-state index in [-0.39, 0.29) is 24.9 Å². The Bertz CT molecular complexity index is 1410. The average Bonchev–Trinajstić information content (AvgIpc) is 3.05. The minimum Gasteiger partial charge on any atom is -0.481 e. The van der Waals surface area contributed by atoms with Crippen LogP contribution in [0.1, 0.15) is 81.8 Å². The lowest BCUT2D eigenvalue weighted by molar-refractivity contribution is -0.136. The molecule has 0 bridgehead atoms. The van der Waals surface area contributed by atoms with Crippen molar-refractivity contribution in [2.75, 3.05) is 11.4 Å². The fourth-order valence-electron chi connectivity index (χ4n) is 6.49. The first-order chi connectivity index (χ1) is 21.5.